The van der Waals surface area contributed by atoms with Gasteiger partial charge < -0.3 is 0 Å². The molecule has 0 unspecified atom stereocenters. The van der Waals surface area contributed by atoms with Gasteiger partial charge in [0.05, 0.1) is 22.8 Å². The fourth-order valence-corrected chi connectivity index (χ4v) is 5.72. The second-order valence-corrected chi connectivity index (χ2v) is 9.45. The monoisotopic (exact) mass is 468 g/mol. The zero-order chi connectivity index (χ0) is 23.2. The van der Waals surface area contributed by atoms with Crippen LogP contribution in [0.25, 0.3) is 28.3 Å². The van der Waals surface area contributed by atoms with Crippen molar-refractivity contribution in [1.29, 1.82) is 0 Å². The number of para-hydroxylation sites is 2. The van der Waals surface area contributed by atoms with E-state index in [9.17, 15) is 0 Å². The summed E-state index contributed by atoms with van der Waals surface area (Å²) in [5.41, 5.74) is 6.41. The van der Waals surface area contributed by atoms with Crippen LogP contribution in [-0.2, 0) is 0 Å². The third-order valence-electron chi connectivity index (χ3n) is 6.24. The molecule has 0 atom stereocenters. The van der Waals surface area contributed by atoms with E-state index in [1.54, 1.807) is 11.8 Å². The average Bonchev–Trinajstić information content (AvgIpc) is 3.31. The molecule has 0 saturated carbocycles. The minimum Gasteiger partial charge on any atom is -0.293 e. The van der Waals surface area contributed by atoms with Crippen LogP contribution in [0.15, 0.2) is 131 Å². The van der Waals surface area contributed by atoms with E-state index >= 15 is 0 Å². The van der Waals surface area contributed by atoms with Crippen LogP contribution in [0.4, 0.5) is 17.2 Å². The Balaban J connectivity index is 1.46. The van der Waals surface area contributed by atoms with Crippen molar-refractivity contribution < 1.29 is 0 Å². The number of fused-ring (bicyclic) bond motifs is 3. The molecular formula is C30H20N4S. The number of anilines is 3. The lowest BCUT2D eigenvalue weighted by Gasteiger charge is -2.31. The van der Waals surface area contributed by atoms with E-state index in [0.29, 0.717) is 5.78 Å². The van der Waals surface area contributed by atoms with Gasteiger partial charge in [0.15, 0.2) is 0 Å². The maximum atomic E-state index is 5.10. The second kappa shape index (κ2) is 8.15. The van der Waals surface area contributed by atoms with Crippen LogP contribution in [0.1, 0.15) is 0 Å². The normalized spacial score (nSPS) is 12.4. The molecule has 0 bridgehead atoms. The van der Waals surface area contributed by atoms with Gasteiger partial charge in [-0.05, 0) is 30.3 Å². The van der Waals surface area contributed by atoms with Crippen LogP contribution in [0.2, 0.25) is 0 Å². The van der Waals surface area contributed by atoms with Crippen LogP contribution in [0.5, 0.6) is 0 Å². The number of benzene rings is 4. The van der Waals surface area contributed by atoms with Gasteiger partial charge in [-0.1, -0.05) is 96.7 Å². The molecule has 4 nitrogen and oxygen atoms in total. The molecule has 0 amide bonds. The zero-order valence-electron chi connectivity index (χ0n) is 18.7. The fourth-order valence-electron chi connectivity index (χ4n) is 4.67. The van der Waals surface area contributed by atoms with Gasteiger partial charge in [0.1, 0.15) is 5.82 Å². The highest BCUT2D eigenvalue weighted by molar-refractivity contribution is 7.99. The second-order valence-electron chi connectivity index (χ2n) is 8.37. The summed E-state index contributed by atoms with van der Waals surface area (Å²) in [6, 6.07) is 39.8. The third kappa shape index (κ3) is 3.32. The van der Waals surface area contributed by atoms with Crippen molar-refractivity contribution in [2.24, 2.45) is 0 Å². The summed E-state index contributed by atoms with van der Waals surface area (Å²) in [5, 5.41) is 0. The first kappa shape index (κ1) is 20.1. The topological polar surface area (TPSA) is 33.4 Å². The fraction of sp³-hybridized carbons (Fsp3) is 0. The van der Waals surface area contributed by atoms with Crippen molar-refractivity contribution in [2.75, 3.05) is 4.90 Å². The Morgan fingerprint density at radius 3 is 1.77 bits per heavy atom. The minimum atomic E-state index is 0.674. The Labute approximate surface area is 207 Å². The van der Waals surface area contributed by atoms with Gasteiger partial charge in [0.25, 0.3) is 0 Å². The molecule has 1 aliphatic rings. The minimum absolute atomic E-state index is 0.674. The predicted molar refractivity (Wildman–Crippen MR) is 143 cm³/mol. The van der Waals surface area contributed by atoms with Gasteiger partial charge in [-0.15, -0.1) is 0 Å². The molecule has 0 radical (unpaired) electrons. The van der Waals surface area contributed by atoms with Crippen molar-refractivity contribution in [3.05, 3.63) is 121 Å². The molecule has 166 valence electrons. The largest absolute Gasteiger partial charge is 0.293 e. The van der Waals surface area contributed by atoms with Crippen LogP contribution >= 0.6 is 11.8 Å². The predicted octanol–water partition coefficient (Wildman–Crippen LogP) is 8.00. The Hall–Kier alpha value is -4.35. The standard InChI is InChI=1S/C30H20N4S/c1-3-11-21(12-4-1)28-29(22-13-5-2-6-14-22)33-20-19-27(31-30(33)32-28)34-23-15-7-9-17-25(23)35-26-18-10-8-16-24(26)34/h1-20H. The number of hydrogen-bond donors (Lipinski definition) is 0. The van der Waals surface area contributed by atoms with E-state index in [4.69, 9.17) is 9.97 Å². The molecule has 3 heterocycles. The van der Waals surface area contributed by atoms with Crippen molar-refractivity contribution in [2.45, 2.75) is 9.79 Å². The Kier molecular flexibility index (Phi) is 4.67. The van der Waals surface area contributed by atoms with Crippen LogP contribution in [0.3, 0.4) is 0 Å². The number of rotatable bonds is 3. The molecule has 0 N–H and O–H groups in total. The molecule has 6 aromatic rings. The summed E-state index contributed by atoms with van der Waals surface area (Å²) in [6.07, 6.45) is 2.09. The summed E-state index contributed by atoms with van der Waals surface area (Å²) in [7, 11) is 0. The van der Waals surface area contributed by atoms with E-state index in [1.165, 1.54) is 9.79 Å². The third-order valence-corrected chi connectivity index (χ3v) is 7.37. The SMILES string of the molecule is c1ccc(-c2nc3nc(N4c5ccccc5Sc5ccccc54)ccn3c2-c2ccccc2)cc1. The summed E-state index contributed by atoms with van der Waals surface area (Å²) in [4.78, 5) is 14.8. The summed E-state index contributed by atoms with van der Waals surface area (Å²) < 4.78 is 2.09. The number of imidazole rings is 1. The number of nitrogens with zero attached hydrogens (tertiary/aromatic N) is 4. The molecule has 4 aromatic carbocycles. The molecule has 0 fully saturated rings. The van der Waals surface area contributed by atoms with Crippen molar-refractivity contribution in [3.8, 4) is 22.5 Å². The van der Waals surface area contributed by atoms with Gasteiger partial charge in [-0.3, -0.25) is 9.30 Å². The highest BCUT2D eigenvalue weighted by Gasteiger charge is 2.26. The van der Waals surface area contributed by atoms with Crippen LogP contribution in [0, 0.1) is 0 Å². The summed E-state index contributed by atoms with van der Waals surface area (Å²) in [6.45, 7) is 0. The molecule has 1 aliphatic heterocycles. The van der Waals surface area contributed by atoms with Gasteiger partial charge in [-0.25, -0.2) is 4.98 Å². The first-order valence-electron chi connectivity index (χ1n) is 11.5. The van der Waals surface area contributed by atoms with Gasteiger partial charge >= 0.3 is 0 Å². The van der Waals surface area contributed by atoms with E-state index < -0.39 is 0 Å². The molecule has 0 saturated heterocycles. The van der Waals surface area contributed by atoms with Crippen molar-refractivity contribution >= 4 is 34.7 Å². The lowest BCUT2D eigenvalue weighted by atomic mass is 10.1. The van der Waals surface area contributed by atoms with Gasteiger partial charge in [-0.2, -0.15) is 4.98 Å². The molecule has 5 heteroatoms. The zero-order valence-corrected chi connectivity index (χ0v) is 19.6. The molecule has 0 aliphatic carbocycles. The summed E-state index contributed by atoms with van der Waals surface area (Å²) in [5.74, 6) is 1.52. The van der Waals surface area contributed by atoms with Gasteiger partial charge in [0, 0.05) is 27.1 Å². The molecule has 35 heavy (non-hydrogen) atoms. The highest BCUT2D eigenvalue weighted by atomic mass is 32.2. The molecule has 2 aromatic heterocycles. The quantitative estimate of drug-likeness (QED) is 0.263. The van der Waals surface area contributed by atoms with E-state index in [-0.39, 0.29) is 0 Å². The Morgan fingerprint density at radius 1 is 0.543 bits per heavy atom. The summed E-state index contributed by atoms with van der Waals surface area (Å²) >= 11 is 1.80. The van der Waals surface area contributed by atoms with E-state index in [1.807, 2.05) is 24.3 Å². The molecule has 0 spiro atoms. The van der Waals surface area contributed by atoms with Crippen LogP contribution < -0.4 is 4.90 Å². The molecule has 7 rings (SSSR count). The maximum Gasteiger partial charge on any atom is 0.236 e. The molecular weight excluding hydrogens is 448 g/mol. The van der Waals surface area contributed by atoms with Crippen LogP contribution in [-0.4, -0.2) is 14.4 Å². The lowest BCUT2D eigenvalue weighted by molar-refractivity contribution is 1.06. The first-order chi connectivity index (χ1) is 17.4. The lowest BCUT2D eigenvalue weighted by Crippen LogP contribution is -2.16. The van der Waals surface area contributed by atoms with Crippen molar-refractivity contribution in [3.63, 3.8) is 0 Å². The Morgan fingerprint density at radius 2 is 1.11 bits per heavy atom. The average molecular weight is 469 g/mol. The Bertz CT molecular complexity index is 1630. The van der Waals surface area contributed by atoms with E-state index in [0.717, 1.165) is 39.7 Å². The maximum absolute atomic E-state index is 5.10. The number of hydrogen-bond acceptors (Lipinski definition) is 4. The van der Waals surface area contributed by atoms with Gasteiger partial charge in [0.2, 0.25) is 5.78 Å². The highest BCUT2D eigenvalue weighted by Crippen LogP contribution is 2.50. The first-order valence-corrected chi connectivity index (χ1v) is 12.3. The number of aromatic nitrogens is 3. The van der Waals surface area contributed by atoms with E-state index in [2.05, 4.69) is 106 Å². The van der Waals surface area contributed by atoms with Crippen molar-refractivity contribution in [1.82, 2.24) is 14.4 Å². The smallest absolute Gasteiger partial charge is 0.236 e.